The van der Waals surface area contributed by atoms with Crippen molar-refractivity contribution in [1.29, 1.82) is 0 Å². The first kappa shape index (κ1) is 13.9. The largest absolute Gasteiger partial charge is 0.327 e. The maximum atomic E-state index is 6.08. The zero-order chi connectivity index (χ0) is 15.8. The monoisotopic (exact) mass is 324 g/mol. The molecular weight excluding hydrogens is 312 g/mol. The second-order valence-electron chi connectivity index (χ2n) is 5.31. The maximum absolute atomic E-state index is 6.08. The molecule has 0 fully saturated rings. The van der Waals surface area contributed by atoms with E-state index >= 15 is 0 Å². The molecule has 0 amide bonds. The van der Waals surface area contributed by atoms with E-state index in [1.54, 1.807) is 10.9 Å². The molecule has 1 aromatic carbocycles. The van der Waals surface area contributed by atoms with Crippen LogP contribution in [0.1, 0.15) is 5.56 Å². The summed E-state index contributed by atoms with van der Waals surface area (Å²) in [4.78, 5) is 9.02. The summed E-state index contributed by atoms with van der Waals surface area (Å²) < 4.78 is 3.78. The second kappa shape index (κ2) is 5.48. The third-order valence-corrected chi connectivity index (χ3v) is 3.95. The van der Waals surface area contributed by atoms with Crippen LogP contribution in [0.5, 0.6) is 0 Å². The van der Waals surface area contributed by atoms with E-state index in [0.717, 1.165) is 28.0 Å². The van der Waals surface area contributed by atoms with Gasteiger partial charge in [-0.1, -0.05) is 16.8 Å². The number of hydrogen-bond donors (Lipinski definition) is 0. The Hall–Kier alpha value is -2.73. The summed E-state index contributed by atoms with van der Waals surface area (Å²) in [5.41, 5.74) is 3.90. The summed E-state index contributed by atoms with van der Waals surface area (Å²) in [7, 11) is 1.98. The van der Waals surface area contributed by atoms with Crippen molar-refractivity contribution in [3.8, 4) is 11.4 Å². The molecule has 23 heavy (non-hydrogen) atoms. The number of imidazole rings is 1. The summed E-state index contributed by atoms with van der Waals surface area (Å²) >= 11 is 6.08. The molecule has 0 saturated carbocycles. The van der Waals surface area contributed by atoms with Gasteiger partial charge >= 0.3 is 0 Å². The van der Waals surface area contributed by atoms with E-state index in [2.05, 4.69) is 21.4 Å². The Balaban J connectivity index is 1.77. The first-order valence-electron chi connectivity index (χ1n) is 7.11. The van der Waals surface area contributed by atoms with Gasteiger partial charge in [0.25, 0.3) is 0 Å². The average molecular weight is 325 g/mol. The number of hydrogen-bond acceptors (Lipinski definition) is 4. The van der Waals surface area contributed by atoms with E-state index in [0.29, 0.717) is 11.6 Å². The molecule has 3 heterocycles. The molecule has 0 saturated heterocycles. The van der Waals surface area contributed by atoms with Crippen LogP contribution >= 0.6 is 11.6 Å². The van der Waals surface area contributed by atoms with Crippen molar-refractivity contribution in [3.05, 3.63) is 59.6 Å². The van der Waals surface area contributed by atoms with Gasteiger partial charge in [0, 0.05) is 36.2 Å². The molecule has 0 bridgehead atoms. The van der Waals surface area contributed by atoms with Gasteiger partial charge in [-0.15, -0.1) is 5.10 Å². The minimum absolute atomic E-state index is 0.622. The second-order valence-corrected chi connectivity index (χ2v) is 5.75. The van der Waals surface area contributed by atoms with Crippen molar-refractivity contribution in [2.24, 2.45) is 7.05 Å². The predicted molar refractivity (Wildman–Crippen MR) is 88.1 cm³/mol. The Labute approximate surface area is 137 Å². The van der Waals surface area contributed by atoms with Gasteiger partial charge in [-0.3, -0.25) is 4.98 Å². The van der Waals surface area contributed by atoms with Crippen LogP contribution < -0.4 is 0 Å². The van der Waals surface area contributed by atoms with Crippen molar-refractivity contribution < 1.29 is 0 Å². The Kier molecular flexibility index (Phi) is 3.31. The highest BCUT2D eigenvalue weighted by atomic mass is 35.5. The molecule has 7 heteroatoms. The summed E-state index contributed by atoms with van der Waals surface area (Å²) in [6, 6.07) is 7.76. The summed E-state index contributed by atoms with van der Waals surface area (Å²) in [5.74, 6) is 0.857. The van der Waals surface area contributed by atoms with Crippen molar-refractivity contribution in [2.75, 3.05) is 0 Å². The molecule has 4 rings (SSSR count). The van der Waals surface area contributed by atoms with Crippen LogP contribution in [-0.4, -0.2) is 29.5 Å². The third-order valence-electron chi connectivity index (χ3n) is 3.71. The lowest BCUT2D eigenvalue weighted by molar-refractivity contribution is 0.648. The Morgan fingerprint density at radius 2 is 2.09 bits per heavy atom. The van der Waals surface area contributed by atoms with E-state index < -0.39 is 0 Å². The fourth-order valence-electron chi connectivity index (χ4n) is 2.62. The molecule has 0 unspecified atom stereocenters. The fourth-order valence-corrected chi connectivity index (χ4v) is 2.79. The molecule has 0 N–H and O–H groups in total. The summed E-state index contributed by atoms with van der Waals surface area (Å²) in [5, 5.41) is 8.49. The molecule has 0 aliphatic carbocycles. The first-order chi connectivity index (χ1) is 11.2. The van der Waals surface area contributed by atoms with Gasteiger partial charge < -0.3 is 4.57 Å². The summed E-state index contributed by atoms with van der Waals surface area (Å²) in [6.07, 6.45) is 7.12. The highest BCUT2D eigenvalue weighted by Gasteiger charge is 2.11. The van der Waals surface area contributed by atoms with E-state index in [-0.39, 0.29) is 0 Å². The number of aromatic nitrogens is 6. The molecule has 114 valence electrons. The lowest BCUT2D eigenvalue weighted by Crippen LogP contribution is -2.02. The maximum Gasteiger partial charge on any atom is 0.142 e. The third kappa shape index (κ3) is 2.57. The number of pyridine rings is 1. The number of aryl methyl sites for hydroxylation is 1. The Bertz CT molecular complexity index is 974. The minimum atomic E-state index is 0.622. The van der Waals surface area contributed by atoms with Crippen LogP contribution in [0.25, 0.3) is 22.4 Å². The quantitative estimate of drug-likeness (QED) is 0.581. The normalized spacial score (nSPS) is 11.2. The molecule has 0 radical (unpaired) electrons. The van der Waals surface area contributed by atoms with Crippen LogP contribution in [0.4, 0.5) is 0 Å². The predicted octanol–water partition coefficient (Wildman–Crippen LogP) is 2.93. The molecule has 3 aromatic heterocycles. The van der Waals surface area contributed by atoms with Crippen molar-refractivity contribution >= 4 is 22.6 Å². The van der Waals surface area contributed by atoms with Gasteiger partial charge in [0.2, 0.25) is 0 Å². The van der Waals surface area contributed by atoms with Crippen LogP contribution in [0.3, 0.4) is 0 Å². The van der Waals surface area contributed by atoms with Crippen molar-refractivity contribution in [3.63, 3.8) is 0 Å². The Morgan fingerprint density at radius 3 is 2.91 bits per heavy atom. The van der Waals surface area contributed by atoms with Crippen molar-refractivity contribution in [1.82, 2.24) is 29.5 Å². The highest BCUT2D eigenvalue weighted by molar-refractivity contribution is 6.31. The average Bonchev–Trinajstić information content (AvgIpc) is 3.16. The Morgan fingerprint density at radius 1 is 1.17 bits per heavy atom. The van der Waals surface area contributed by atoms with Crippen molar-refractivity contribution in [2.45, 2.75) is 6.54 Å². The van der Waals surface area contributed by atoms with Gasteiger partial charge in [0.15, 0.2) is 0 Å². The highest BCUT2D eigenvalue weighted by Crippen LogP contribution is 2.25. The molecule has 0 aliphatic rings. The number of halogens is 1. The minimum Gasteiger partial charge on any atom is -0.327 e. The molecule has 6 nitrogen and oxygen atoms in total. The lowest BCUT2D eigenvalue weighted by atomic mass is 10.2. The number of fused-ring (bicyclic) bond motifs is 1. The standard InChI is InChI=1S/C16H13ClN6/c1-22-15-7-13(17)2-3-14(15)20-16(22)12-6-11(8-18-9-12)10-23-5-4-19-21-23/h2-9H,10H2,1H3. The van der Waals surface area contributed by atoms with Gasteiger partial charge in [-0.25, -0.2) is 9.67 Å². The van der Waals surface area contributed by atoms with Crippen LogP contribution in [0, 0.1) is 0 Å². The number of benzene rings is 1. The molecule has 0 atom stereocenters. The lowest BCUT2D eigenvalue weighted by Gasteiger charge is -2.05. The first-order valence-corrected chi connectivity index (χ1v) is 7.49. The molecule has 0 aliphatic heterocycles. The molecule has 4 aromatic rings. The fraction of sp³-hybridized carbons (Fsp3) is 0.125. The van der Waals surface area contributed by atoms with Gasteiger partial charge in [0.05, 0.1) is 23.8 Å². The van der Waals surface area contributed by atoms with E-state index in [1.165, 1.54) is 0 Å². The van der Waals surface area contributed by atoms with E-state index in [4.69, 9.17) is 16.6 Å². The zero-order valence-corrected chi connectivity index (χ0v) is 13.1. The molecule has 0 spiro atoms. The van der Waals surface area contributed by atoms with Gasteiger partial charge in [0.1, 0.15) is 5.82 Å². The van der Waals surface area contributed by atoms with E-state index in [9.17, 15) is 0 Å². The number of nitrogens with zero attached hydrogens (tertiary/aromatic N) is 6. The topological polar surface area (TPSA) is 61.4 Å². The van der Waals surface area contributed by atoms with Gasteiger partial charge in [-0.05, 0) is 29.8 Å². The molecular formula is C16H13ClN6. The summed E-state index contributed by atoms with van der Waals surface area (Å²) in [6.45, 7) is 0.622. The SMILES string of the molecule is Cn1c(-c2cncc(Cn3ccnn3)c2)nc2ccc(Cl)cc21. The number of rotatable bonds is 3. The van der Waals surface area contributed by atoms with Crippen LogP contribution in [-0.2, 0) is 13.6 Å². The zero-order valence-electron chi connectivity index (χ0n) is 12.4. The smallest absolute Gasteiger partial charge is 0.142 e. The van der Waals surface area contributed by atoms with Gasteiger partial charge in [-0.2, -0.15) is 0 Å². The van der Waals surface area contributed by atoms with Crippen LogP contribution in [0.2, 0.25) is 5.02 Å². The van der Waals surface area contributed by atoms with E-state index in [1.807, 2.05) is 48.4 Å². The van der Waals surface area contributed by atoms with Crippen LogP contribution in [0.15, 0.2) is 49.1 Å².